The molecule has 3 heterocycles. The van der Waals surface area contributed by atoms with Crippen LogP contribution in [0.15, 0.2) is 12.3 Å². The Kier molecular flexibility index (Phi) is 6.64. The van der Waals surface area contributed by atoms with Crippen LogP contribution in [0.3, 0.4) is 0 Å². The highest BCUT2D eigenvalue weighted by molar-refractivity contribution is 7.19. The zero-order valence-electron chi connectivity index (χ0n) is 18.8. The predicted octanol–water partition coefficient (Wildman–Crippen LogP) is 3.24. The average Bonchev–Trinajstić information content (AvgIpc) is 3.38. The van der Waals surface area contributed by atoms with Gasteiger partial charge < -0.3 is 19.9 Å². The van der Waals surface area contributed by atoms with E-state index in [1.54, 1.807) is 18.4 Å². The van der Waals surface area contributed by atoms with E-state index in [1.807, 2.05) is 12.3 Å². The smallest absolute Gasteiger partial charge is 0.246 e. The maximum atomic E-state index is 11.8. The molecule has 2 fully saturated rings. The molecule has 1 aliphatic heterocycles. The Hall–Kier alpha value is -1.74. The van der Waals surface area contributed by atoms with Crippen molar-refractivity contribution in [2.75, 3.05) is 33.4 Å². The molecule has 1 saturated carbocycles. The molecule has 32 heavy (non-hydrogen) atoms. The zero-order valence-corrected chi connectivity index (χ0v) is 19.6. The number of hydrogen-bond donors (Lipinski definition) is 1. The summed E-state index contributed by atoms with van der Waals surface area (Å²) in [5.74, 6) is 0.800. The summed E-state index contributed by atoms with van der Waals surface area (Å²) in [4.78, 5) is 21.4. The van der Waals surface area contributed by atoms with E-state index in [9.17, 15) is 4.79 Å². The van der Waals surface area contributed by atoms with Crippen molar-refractivity contribution in [2.45, 2.75) is 69.1 Å². The van der Waals surface area contributed by atoms with E-state index in [2.05, 4.69) is 9.88 Å². The molecule has 3 aliphatic rings. The van der Waals surface area contributed by atoms with E-state index in [0.717, 1.165) is 68.0 Å². The molecule has 1 amide bonds. The zero-order chi connectivity index (χ0) is 22.1. The van der Waals surface area contributed by atoms with Gasteiger partial charge in [0, 0.05) is 37.3 Å². The van der Waals surface area contributed by atoms with Crippen LogP contribution in [0.25, 0.3) is 10.2 Å². The van der Waals surface area contributed by atoms with Crippen molar-refractivity contribution in [3.8, 4) is 5.75 Å². The van der Waals surface area contributed by atoms with Crippen molar-refractivity contribution in [1.29, 1.82) is 0 Å². The Morgan fingerprint density at radius 1 is 1.28 bits per heavy atom. The van der Waals surface area contributed by atoms with Crippen molar-refractivity contribution >= 4 is 27.5 Å². The maximum Gasteiger partial charge on any atom is 0.246 e. The molecule has 2 aliphatic carbocycles. The van der Waals surface area contributed by atoms with Gasteiger partial charge in [-0.25, -0.2) is 4.98 Å². The third-order valence-electron chi connectivity index (χ3n) is 7.40. The van der Waals surface area contributed by atoms with Gasteiger partial charge in [0.2, 0.25) is 5.91 Å². The fraction of sp³-hybridized carbons (Fsp3) is 0.667. The van der Waals surface area contributed by atoms with E-state index in [1.165, 1.54) is 23.3 Å². The number of carbonyl (C=O) groups is 1. The number of rotatable bonds is 7. The molecule has 5 rings (SSSR count). The lowest BCUT2D eigenvalue weighted by atomic mass is 9.91. The summed E-state index contributed by atoms with van der Waals surface area (Å²) in [6.45, 7) is 3.82. The topological polar surface area (TPSA) is 86.9 Å². The number of primary amides is 1. The highest BCUT2D eigenvalue weighted by atomic mass is 32.1. The molecule has 2 aromatic rings. The largest absolute Gasteiger partial charge is 0.490 e. The molecule has 1 saturated heterocycles. The molecular weight excluding hydrogens is 426 g/mol. The number of thiophene rings is 1. The first kappa shape index (κ1) is 22.1. The van der Waals surface area contributed by atoms with Crippen LogP contribution in [0.5, 0.6) is 5.75 Å². The predicted molar refractivity (Wildman–Crippen MR) is 124 cm³/mol. The number of morpholine rings is 1. The molecular formula is C24H33N3O4S. The highest BCUT2D eigenvalue weighted by Gasteiger charge is 2.34. The van der Waals surface area contributed by atoms with Crippen LogP contribution < -0.4 is 10.5 Å². The molecule has 0 spiro atoms. The van der Waals surface area contributed by atoms with Gasteiger partial charge in [0.05, 0.1) is 24.7 Å². The van der Waals surface area contributed by atoms with E-state index >= 15 is 0 Å². The first-order valence-electron chi connectivity index (χ1n) is 11.8. The molecule has 0 bridgehead atoms. The summed E-state index contributed by atoms with van der Waals surface area (Å²) >= 11 is 1.76. The molecule has 2 N–H and O–H groups in total. The number of hydrogen-bond acceptors (Lipinski definition) is 7. The van der Waals surface area contributed by atoms with Crippen LogP contribution in [0.4, 0.5) is 0 Å². The van der Waals surface area contributed by atoms with Crippen molar-refractivity contribution in [1.82, 2.24) is 9.88 Å². The average molecular weight is 460 g/mol. The van der Waals surface area contributed by atoms with E-state index < -0.39 is 12.0 Å². The molecule has 0 unspecified atom stereocenters. The number of ether oxygens (including phenoxy) is 3. The number of fused-ring (bicyclic) bond motifs is 3. The Balaban J connectivity index is 1.32. The Labute approximate surface area is 193 Å². The first-order chi connectivity index (χ1) is 15.6. The standard InChI is InChI=1S/C24H33N3O4S/c1-29-19(23(25)28)14-15-2-7-20-21(15)22-18(8-9-26-24(22)32-20)31-17-5-3-16(4-6-17)27-10-12-30-13-11-27/h8-9,15-17,19H,2-7,10-14H2,1H3,(H2,25,28)/t15-,16-,17-,19-/m1/s1. The lowest BCUT2D eigenvalue weighted by Gasteiger charge is -2.38. The minimum atomic E-state index is -0.558. The van der Waals surface area contributed by atoms with E-state index in [4.69, 9.17) is 19.9 Å². The normalized spacial score (nSPS) is 27.3. The number of aromatic nitrogens is 1. The second kappa shape index (κ2) is 9.63. The Bertz CT molecular complexity index is 950. The van der Waals surface area contributed by atoms with Gasteiger partial charge in [-0.05, 0) is 62.5 Å². The van der Waals surface area contributed by atoms with Crippen molar-refractivity contribution in [3.05, 3.63) is 22.7 Å². The lowest BCUT2D eigenvalue weighted by Crippen LogP contribution is -2.46. The van der Waals surface area contributed by atoms with Crippen LogP contribution >= 0.6 is 11.3 Å². The lowest BCUT2D eigenvalue weighted by molar-refractivity contribution is -0.128. The molecule has 0 radical (unpaired) electrons. The summed E-state index contributed by atoms with van der Waals surface area (Å²) in [7, 11) is 1.56. The Morgan fingerprint density at radius 2 is 2.06 bits per heavy atom. The molecule has 2 atom stereocenters. The third-order valence-corrected chi connectivity index (χ3v) is 8.57. The number of aryl methyl sites for hydroxylation is 1. The van der Waals surface area contributed by atoms with Crippen molar-refractivity contribution in [2.24, 2.45) is 5.73 Å². The number of nitrogens with zero attached hydrogens (tertiary/aromatic N) is 2. The first-order valence-corrected chi connectivity index (χ1v) is 12.7. The third kappa shape index (κ3) is 4.38. The summed E-state index contributed by atoms with van der Waals surface area (Å²) < 4.78 is 17.5. The fourth-order valence-electron chi connectivity index (χ4n) is 5.70. The summed E-state index contributed by atoms with van der Waals surface area (Å²) in [5.41, 5.74) is 6.85. The van der Waals surface area contributed by atoms with Crippen LogP contribution in [-0.2, 0) is 20.7 Å². The van der Waals surface area contributed by atoms with Crippen LogP contribution in [-0.4, -0.2) is 67.5 Å². The van der Waals surface area contributed by atoms with Gasteiger partial charge in [0.1, 0.15) is 16.7 Å². The molecule has 174 valence electrons. The van der Waals surface area contributed by atoms with Gasteiger partial charge in [0.25, 0.3) is 0 Å². The number of carbonyl (C=O) groups excluding carboxylic acids is 1. The van der Waals surface area contributed by atoms with Crippen molar-refractivity contribution in [3.63, 3.8) is 0 Å². The van der Waals surface area contributed by atoms with Gasteiger partial charge in [-0.1, -0.05) is 0 Å². The number of nitrogens with two attached hydrogens (primary N) is 1. The number of pyridine rings is 1. The molecule has 2 aromatic heterocycles. The van der Waals surface area contributed by atoms with E-state index in [0.29, 0.717) is 12.5 Å². The fourth-order valence-corrected chi connectivity index (χ4v) is 6.96. The molecule has 0 aromatic carbocycles. The van der Waals surface area contributed by atoms with Gasteiger partial charge >= 0.3 is 0 Å². The second-order valence-electron chi connectivity index (χ2n) is 9.22. The summed E-state index contributed by atoms with van der Waals surface area (Å²) in [6, 6.07) is 2.67. The van der Waals surface area contributed by atoms with Crippen molar-refractivity contribution < 1.29 is 19.0 Å². The summed E-state index contributed by atoms with van der Waals surface area (Å²) in [5, 5.41) is 1.14. The van der Waals surface area contributed by atoms with Crippen LogP contribution in [0.1, 0.15) is 54.9 Å². The molecule has 8 heteroatoms. The van der Waals surface area contributed by atoms with Crippen LogP contribution in [0, 0.1) is 0 Å². The quantitative estimate of drug-likeness (QED) is 0.684. The van der Waals surface area contributed by atoms with Gasteiger partial charge in [0.15, 0.2) is 0 Å². The number of amides is 1. The minimum absolute atomic E-state index is 0.241. The monoisotopic (exact) mass is 459 g/mol. The Morgan fingerprint density at radius 3 is 2.78 bits per heavy atom. The highest BCUT2D eigenvalue weighted by Crippen LogP contribution is 2.48. The van der Waals surface area contributed by atoms with Gasteiger partial charge in [-0.15, -0.1) is 11.3 Å². The minimum Gasteiger partial charge on any atom is -0.490 e. The maximum absolute atomic E-state index is 11.8. The van der Waals surface area contributed by atoms with Gasteiger partial charge in [-0.3, -0.25) is 9.69 Å². The molecule has 7 nitrogen and oxygen atoms in total. The summed E-state index contributed by atoms with van der Waals surface area (Å²) in [6.07, 6.45) is 8.70. The van der Waals surface area contributed by atoms with E-state index in [-0.39, 0.29) is 12.0 Å². The van der Waals surface area contributed by atoms with Gasteiger partial charge in [-0.2, -0.15) is 0 Å². The van der Waals surface area contributed by atoms with Crippen LogP contribution in [0.2, 0.25) is 0 Å². The SMILES string of the molecule is CO[C@H](C[C@H]1CCc2sc3nccc(O[C@H]4CC[C@H](N5CCOCC5)CC4)c3c21)C(N)=O. The number of methoxy groups -OCH3 is 1. The second-order valence-corrected chi connectivity index (χ2v) is 10.3.